The molecule has 0 aliphatic carbocycles. The van der Waals surface area contributed by atoms with Gasteiger partial charge in [-0.05, 0) is 48.8 Å². The van der Waals surface area contributed by atoms with E-state index in [9.17, 15) is 4.79 Å². The Bertz CT molecular complexity index is 917. The van der Waals surface area contributed by atoms with Crippen molar-refractivity contribution < 1.29 is 0 Å². The molecule has 0 saturated heterocycles. The Kier molecular flexibility index (Phi) is 8.47. The highest BCUT2D eigenvalue weighted by Crippen LogP contribution is 2.12. The Labute approximate surface area is 168 Å². The average Bonchev–Trinajstić information content (AvgIpc) is 2.73. The predicted molar refractivity (Wildman–Crippen MR) is 118 cm³/mol. The molecule has 0 spiro atoms. The Morgan fingerprint density at radius 2 is 1.43 bits per heavy atom. The summed E-state index contributed by atoms with van der Waals surface area (Å²) in [7, 11) is 1.63. The number of nitrogens with zero attached hydrogens (tertiary/aromatic N) is 2. The molecule has 3 rings (SSSR count). The molecule has 0 aliphatic heterocycles. The lowest BCUT2D eigenvalue weighted by molar-refractivity contribution is 0.802. The van der Waals surface area contributed by atoms with Gasteiger partial charge in [0.05, 0.1) is 5.69 Å². The van der Waals surface area contributed by atoms with Gasteiger partial charge in [0.15, 0.2) is 0 Å². The van der Waals surface area contributed by atoms with Crippen LogP contribution in [0.4, 0.5) is 5.95 Å². The van der Waals surface area contributed by atoms with Crippen molar-refractivity contribution >= 4 is 5.95 Å². The molecule has 1 heterocycles. The highest BCUT2D eigenvalue weighted by molar-refractivity contribution is 5.26. The van der Waals surface area contributed by atoms with Gasteiger partial charge in [-0.1, -0.05) is 68.4 Å². The monoisotopic (exact) mass is 377 g/mol. The minimum Gasteiger partial charge on any atom is -0.369 e. The van der Waals surface area contributed by atoms with Gasteiger partial charge in [0.25, 0.3) is 5.56 Å². The summed E-state index contributed by atoms with van der Waals surface area (Å²) in [5, 5.41) is 0. The summed E-state index contributed by atoms with van der Waals surface area (Å²) < 4.78 is 1.36. The van der Waals surface area contributed by atoms with Crippen molar-refractivity contribution in [2.75, 3.05) is 5.73 Å². The Hall–Kier alpha value is -2.88. The van der Waals surface area contributed by atoms with E-state index < -0.39 is 0 Å². The number of nitrogens with two attached hydrogens (primary N) is 1. The van der Waals surface area contributed by atoms with Crippen molar-refractivity contribution in [2.24, 2.45) is 7.05 Å². The summed E-state index contributed by atoms with van der Waals surface area (Å²) in [6.07, 6.45) is 4.88. The fourth-order valence-electron chi connectivity index (χ4n) is 3.09. The van der Waals surface area contributed by atoms with Crippen LogP contribution in [0.15, 0.2) is 65.5 Å². The average molecular weight is 378 g/mol. The molecular formula is C24H31N3O. The van der Waals surface area contributed by atoms with Crippen molar-refractivity contribution in [1.29, 1.82) is 0 Å². The molecule has 1 aromatic heterocycles. The first kappa shape index (κ1) is 21.4. The van der Waals surface area contributed by atoms with E-state index in [0.29, 0.717) is 6.42 Å². The smallest absolute Gasteiger partial charge is 0.254 e. The molecule has 4 heteroatoms. The quantitative estimate of drug-likeness (QED) is 0.666. The molecule has 2 N–H and O–H groups in total. The van der Waals surface area contributed by atoms with Gasteiger partial charge in [0, 0.05) is 13.1 Å². The number of hydrogen-bond acceptors (Lipinski definition) is 3. The first-order valence-corrected chi connectivity index (χ1v) is 10.1. The molecule has 0 bridgehead atoms. The minimum atomic E-state index is -0.109. The van der Waals surface area contributed by atoms with E-state index in [-0.39, 0.29) is 11.5 Å². The molecule has 0 saturated carbocycles. The molecule has 0 atom stereocenters. The maximum atomic E-state index is 11.8. The maximum Gasteiger partial charge on any atom is 0.254 e. The third kappa shape index (κ3) is 6.38. The zero-order valence-corrected chi connectivity index (χ0v) is 17.2. The largest absolute Gasteiger partial charge is 0.369 e. The Morgan fingerprint density at radius 1 is 0.821 bits per heavy atom. The zero-order chi connectivity index (χ0) is 20.4. The summed E-state index contributed by atoms with van der Waals surface area (Å²) in [5.41, 5.74) is 10.4. The number of nitrogen functional groups attached to an aromatic ring is 1. The minimum absolute atomic E-state index is 0.109. The summed E-state index contributed by atoms with van der Waals surface area (Å²) in [6, 6.07) is 20.8. The fourth-order valence-corrected chi connectivity index (χ4v) is 3.09. The highest BCUT2D eigenvalue weighted by Gasteiger charge is 2.04. The van der Waals surface area contributed by atoms with Crippen LogP contribution >= 0.6 is 0 Å². The molecule has 28 heavy (non-hydrogen) atoms. The predicted octanol–water partition coefficient (Wildman–Crippen LogP) is 4.35. The third-order valence-corrected chi connectivity index (χ3v) is 4.66. The number of rotatable bonds is 7. The van der Waals surface area contributed by atoms with Crippen LogP contribution in [-0.4, -0.2) is 9.55 Å². The van der Waals surface area contributed by atoms with E-state index in [1.54, 1.807) is 13.1 Å². The molecule has 148 valence electrons. The van der Waals surface area contributed by atoms with Crippen LogP contribution in [-0.2, 0) is 32.7 Å². The summed E-state index contributed by atoms with van der Waals surface area (Å²) in [6.45, 7) is 4.00. The van der Waals surface area contributed by atoms with E-state index >= 15 is 0 Å². The van der Waals surface area contributed by atoms with Crippen molar-refractivity contribution in [3.63, 3.8) is 0 Å². The van der Waals surface area contributed by atoms with Gasteiger partial charge in [-0.2, -0.15) is 0 Å². The lowest BCUT2D eigenvalue weighted by Gasteiger charge is -2.07. The van der Waals surface area contributed by atoms with Gasteiger partial charge in [-0.15, -0.1) is 0 Å². The molecule has 0 fully saturated rings. The van der Waals surface area contributed by atoms with E-state index in [1.807, 2.05) is 13.8 Å². The highest BCUT2D eigenvalue weighted by atomic mass is 16.1. The first-order chi connectivity index (χ1) is 13.6. The first-order valence-electron chi connectivity index (χ1n) is 10.1. The van der Waals surface area contributed by atoms with Crippen LogP contribution in [0.3, 0.4) is 0 Å². The van der Waals surface area contributed by atoms with Gasteiger partial charge < -0.3 is 5.73 Å². The van der Waals surface area contributed by atoms with Crippen LogP contribution in [0.5, 0.6) is 0 Å². The summed E-state index contributed by atoms with van der Waals surface area (Å²) in [4.78, 5) is 16.1. The molecule has 0 unspecified atom stereocenters. The number of aryl methyl sites for hydroxylation is 4. The number of hydrogen-bond donors (Lipinski definition) is 1. The Morgan fingerprint density at radius 3 is 2.11 bits per heavy atom. The van der Waals surface area contributed by atoms with Gasteiger partial charge >= 0.3 is 0 Å². The van der Waals surface area contributed by atoms with Crippen molar-refractivity contribution in [2.45, 2.75) is 46.0 Å². The summed E-state index contributed by atoms with van der Waals surface area (Å²) in [5.74, 6) is 0.266. The third-order valence-electron chi connectivity index (χ3n) is 4.66. The zero-order valence-electron chi connectivity index (χ0n) is 17.2. The maximum absolute atomic E-state index is 11.8. The second-order valence-electron chi connectivity index (χ2n) is 6.66. The van der Waals surface area contributed by atoms with Crippen LogP contribution in [0.25, 0.3) is 0 Å². The second-order valence-corrected chi connectivity index (χ2v) is 6.66. The van der Waals surface area contributed by atoms with Gasteiger partial charge in [-0.3, -0.25) is 9.36 Å². The lowest BCUT2D eigenvalue weighted by Crippen LogP contribution is -2.21. The number of aromatic nitrogens is 2. The van der Waals surface area contributed by atoms with Gasteiger partial charge in [-0.25, -0.2) is 4.98 Å². The Balaban J connectivity index is 0.00000136. The molecule has 0 radical (unpaired) electrons. The van der Waals surface area contributed by atoms with Crippen molar-refractivity contribution in [1.82, 2.24) is 9.55 Å². The van der Waals surface area contributed by atoms with E-state index in [0.717, 1.165) is 31.4 Å². The van der Waals surface area contributed by atoms with Crippen LogP contribution < -0.4 is 11.3 Å². The van der Waals surface area contributed by atoms with Crippen molar-refractivity contribution in [3.8, 4) is 0 Å². The van der Waals surface area contributed by atoms with E-state index in [4.69, 9.17) is 5.73 Å². The molecular weight excluding hydrogens is 346 g/mol. The standard InChI is InChI=1S/C22H25N3O.C2H6/c1-25-21(26)16-20(24-22(25)23)14-13-19-12-6-11-18(15-19)10-5-9-17-7-3-2-4-8-17;1-2/h2-4,6-8,11-12,15-16H,5,9-10,13-14H2,1H3,(H2,23,24);1-2H3. The topological polar surface area (TPSA) is 60.9 Å². The SMILES string of the molecule is CC.Cn1c(N)nc(CCc2cccc(CCCc3ccccc3)c2)cc1=O. The molecule has 4 nitrogen and oxygen atoms in total. The second kappa shape index (κ2) is 11.1. The normalized spacial score (nSPS) is 10.2. The molecule has 2 aromatic carbocycles. The molecule has 0 amide bonds. The van der Waals surface area contributed by atoms with Crippen LogP contribution in [0.2, 0.25) is 0 Å². The fraction of sp³-hybridized carbons (Fsp3) is 0.333. The van der Waals surface area contributed by atoms with E-state index in [1.165, 1.54) is 21.3 Å². The van der Waals surface area contributed by atoms with Gasteiger partial charge in [0.2, 0.25) is 5.95 Å². The van der Waals surface area contributed by atoms with Crippen LogP contribution in [0.1, 0.15) is 42.7 Å². The van der Waals surface area contributed by atoms with E-state index in [2.05, 4.69) is 59.6 Å². The molecule has 0 aliphatic rings. The van der Waals surface area contributed by atoms with Gasteiger partial charge in [0.1, 0.15) is 0 Å². The van der Waals surface area contributed by atoms with Crippen molar-refractivity contribution in [3.05, 3.63) is 93.4 Å². The lowest BCUT2D eigenvalue weighted by atomic mass is 10.0. The molecule has 3 aromatic rings. The van der Waals surface area contributed by atoms with Crippen LogP contribution in [0, 0.1) is 0 Å². The summed E-state index contributed by atoms with van der Waals surface area (Å²) >= 11 is 0. The number of benzene rings is 2. The number of anilines is 1.